The number of carbonyl (C=O) groups is 2. The first-order valence-corrected chi connectivity index (χ1v) is 12.8. The maximum Gasteiger partial charge on any atom is 0.254 e. The second-order valence-electron chi connectivity index (χ2n) is 8.51. The van der Waals surface area contributed by atoms with Gasteiger partial charge in [-0.05, 0) is 73.2 Å². The molecular formula is C27H29ClN2O3S. The average Bonchev–Trinajstić information content (AvgIpc) is 3.32. The number of fused-ring (bicyclic) bond motifs is 1. The molecule has 1 atom stereocenters. The Kier molecular flexibility index (Phi) is 7.91. The van der Waals surface area contributed by atoms with Gasteiger partial charge in [0.2, 0.25) is 5.91 Å². The largest absolute Gasteiger partial charge is 0.491 e. The number of amides is 2. The summed E-state index contributed by atoms with van der Waals surface area (Å²) in [6, 6.07) is 16.6. The molecule has 2 heterocycles. The first kappa shape index (κ1) is 24.3. The van der Waals surface area contributed by atoms with Crippen LogP contribution in [-0.2, 0) is 11.2 Å². The number of thiophene rings is 1. The number of rotatable bonds is 8. The maximum atomic E-state index is 13.5. The molecule has 1 aliphatic heterocycles. The van der Waals surface area contributed by atoms with Crippen LogP contribution in [0.3, 0.4) is 0 Å². The Bertz CT molecular complexity index is 1130. The third-order valence-electron chi connectivity index (χ3n) is 6.04. The van der Waals surface area contributed by atoms with Gasteiger partial charge in [-0.15, -0.1) is 11.3 Å². The Morgan fingerprint density at radius 1 is 1.12 bits per heavy atom. The van der Waals surface area contributed by atoms with Gasteiger partial charge in [-0.2, -0.15) is 0 Å². The van der Waals surface area contributed by atoms with E-state index in [1.807, 2.05) is 55.1 Å². The van der Waals surface area contributed by atoms with Crippen LogP contribution in [0.15, 0.2) is 60.0 Å². The van der Waals surface area contributed by atoms with Gasteiger partial charge in [-0.25, -0.2) is 0 Å². The molecule has 34 heavy (non-hydrogen) atoms. The number of ether oxygens (including phenoxy) is 1. The highest BCUT2D eigenvalue weighted by atomic mass is 35.5. The molecule has 0 fully saturated rings. The van der Waals surface area contributed by atoms with Crippen LogP contribution in [0, 0.1) is 6.92 Å². The van der Waals surface area contributed by atoms with E-state index in [0.717, 1.165) is 24.0 Å². The summed E-state index contributed by atoms with van der Waals surface area (Å²) in [6.07, 6.45) is 1.60. The Balaban J connectivity index is 1.51. The Morgan fingerprint density at radius 3 is 2.56 bits per heavy atom. The van der Waals surface area contributed by atoms with Crippen molar-refractivity contribution in [1.82, 2.24) is 9.80 Å². The van der Waals surface area contributed by atoms with Crippen molar-refractivity contribution in [3.63, 3.8) is 0 Å². The van der Waals surface area contributed by atoms with Crippen molar-refractivity contribution in [2.45, 2.75) is 32.7 Å². The Hall–Kier alpha value is -2.83. The molecule has 0 unspecified atom stereocenters. The van der Waals surface area contributed by atoms with Crippen LogP contribution in [0.1, 0.15) is 45.7 Å². The van der Waals surface area contributed by atoms with Gasteiger partial charge in [-0.3, -0.25) is 9.59 Å². The van der Waals surface area contributed by atoms with Gasteiger partial charge in [0.15, 0.2) is 0 Å². The van der Waals surface area contributed by atoms with Gasteiger partial charge < -0.3 is 14.5 Å². The molecule has 7 heteroatoms. The van der Waals surface area contributed by atoms with Crippen LogP contribution in [-0.4, -0.2) is 47.9 Å². The minimum Gasteiger partial charge on any atom is -0.491 e. The number of nitrogens with zero attached hydrogens (tertiary/aromatic N) is 2. The van der Waals surface area contributed by atoms with E-state index in [4.69, 9.17) is 16.3 Å². The van der Waals surface area contributed by atoms with Crippen LogP contribution >= 0.6 is 22.9 Å². The SMILES string of the molecule is CCCN(CC(=O)N1CCc2sccc2[C@H]1COc1ccc(Cl)cc1)C(=O)c1ccc(C)cc1. The fourth-order valence-corrected chi connectivity index (χ4v) is 5.29. The summed E-state index contributed by atoms with van der Waals surface area (Å²) in [5, 5.41) is 2.72. The topological polar surface area (TPSA) is 49.9 Å². The molecule has 0 saturated heterocycles. The molecule has 2 aromatic carbocycles. The molecule has 1 aromatic heterocycles. The average molecular weight is 497 g/mol. The molecule has 0 aliphatic carbocycles. The fraction of sp³-hybridized carbons (Fsp3) is 0.333. The smallest absolute Gasteiger partial charge is 0.254 e. The van der Waals surface area contributed by atoms with Gasteiger partial charge >= 0.3 is 0 Å². The summed E-state index contributed by atoms with van der Waals surface area (Å²) in [7, 11) is 0. The number of aryl methyl sites for hydroxylation is 1. The predicted octanol–water partition coefficient (Wildman–Crippen LogP) is 5.77. The van der Waals surface area contributed by atoms with Gasteiger partial charge in [0, 0.05) is 28.6 Å². The second-order valence-corrected chi connectivity index (χ2v) is 9.95. The lowest BCUT2D eigenvalue weighted by Crippen LogP contribution is -2.48. The van der Waals surface area contributed by atoms with Crippen molar-refractivity contribution in [1.29, 1.82) is 0 Å². The second kappa shape index (κ2) is 11.1. The highest BCUT2D eigenvalue weighted by Gasteiger charge is 2.33. The Labute approximate surface area is 209 Å². The third kappa shape index (κ3) is 5.62. The zero-order valence-corrected chi connectivity index (χ0v) is 21.1. The molecule has 0 saturated carbocycles. The highest BCUT2D eigenvalue weighted by molar-refractivity contribution is 7.10. The van der Waals surface area contributed by atoms with E-state index < -0.39 is 0 Å². The number of hydrogen-bond donors (Lipinski definition) is 0. The lowest BCUT2D eigenvalue weighted by Gasteiger charge is -2.37. The molecule has 178 valence electrons. The molecule has 1 aliphatic rings. The molecule has 0 bridgehead atoms. The molecular weight excluding hydrogens is 468 g/mol. The van der Waals surface area contributed by atoms with Crippen molar-refractivity contribution in [3.8, 4) is 5.75 Å². The molecule has 0 radical (unpaired) electrons. The predicted molar refractivity (Wildman–Crippen MR) is 137 cm³/mol. The van der Waals surface area contributed by atoms with Crippen LogP contribution in [0.5, 0.6) is 5.75 Å². The lowest BCUT2D eigenvalue weighted by molar-refractivity contribution is -0.135. The molecule has 5 nitrogen and oxygen atoms in total. The third-order valence-corrected chi connectivity index (χ3v) is 7.29. The molecule has 4 rings (SSSR count). The number of halogens is 1. The van der Waals surface area contributed by atoms with Crippen molar-refractivity contribution in [3.05, 3.63) is 86.6 Å². The van der Waals surface area contributed by atoms with Gasteiger partial charge in [0.25, 0.3) is 5.91 Å². The maximum absolute atomic E-state index is 13.5. The first-order chi connectivity index (χ1) is 16.5. The quantitative estimate of drug-likeness (QED) is 0.398. The zero-order valence-electron chi connectivity index (χ0n) is 19.5. The molecule has 0 spiro atoms. The van der Waals surface area contributed by atoms with Crippen LogP contribution in [0.4, 0.5) is 0 Å². The summed E-state index contributed by atoms with van der Waals surface area (Å²) >= 11 is 7.71. The number of benzene rings is 2. The van der Waals surface area contributed by atoms with E-state index in [-0.39, 0.29) is 24.4 Å². The minimum atomic E-state index is -0.198. The normalized spacial score (nSPS) is 15.0. The highest BCUT2D eigenvalue weighted by Crippen LogP contribution is 2.34. The van der Waals surface area contributed by atoms with E-state index >= 15 is 0 Å². The van der Waals surface area contributed by atoms with Crippen molar-refractivity contribution >= 4 is 34.8 Å². The monoisotopic (exact) mass is 496 g/mol. The van der Waals surface area contributed by atoms with E-state index in [1.54, 1.807) is 28.4 Å². The van der Waals surface area contributed by atoms with Crippen LogP contribution < -0.4 is 4.74 Å². The van der Waals surface area contributed by atoms with Crippen LogP contribution in [0.25, 0.3) is 0 Å². The number of hydrogen-bond acceptors (Lipinski definition) is 4. The summed E-state index contributed by atoms with van der Waals surface area (Å²) in [6.45, 7) is 5.54. The molecule has 3 aromatic rings. The standard InChI is InChI=1S/C27H29ClN2O3S/c1-3-14-29(27(32)20-6-4-19(2)5-7-20)17-26(31)30-15-12-25-23(13-16-34-25)24(30)18-33-22-10-8-21(28)9-11-22/h4-11,13,16,24H,3,12,14-15,17-18H2,1-2H3/t24-/m1/s1. The summed E-state index contributed by atoms with van der Waals surface area (Å²) in [4.78, 5) is 31.5. The van der Waals surface area contributed by atoms with E-state index in [9.17, 15) is 9.59 Å². The fourth-order valence-electron chi connectivity index (χ4n) is 4.24. The van der Waals surface area contributed by atoms with E-state index in [0.29, 0.717) is 36.0 Å². The summed E-state index contributed by atoms with van der Waals surface area (Å²) in [5.74, 6) is 0.536. The van der Waals surface area contributed by atoms with Crippen molar-refractivity contribution in [2.24, 2.45) is 0 Å². The zero-order chi connectivity index (χ0) is 24.1. The van der Waals surface area contributed by atoms with E-state index in [2.05, 4.69) is 11.4 Å². The van der Waals surface area contributed by atoms with E-state index in [1.165, 1.54) is 4.88 Å². The van der Waals surface area contributed by atoms with Gasteiger partial charge in [-0.1, -0.05) is 36.2 Å². The minimum absolute atomic E-state index is 0.0530. The van der Waals surface area contributed by atoms with Gasteiger partial charge in [0.05, 0.1) is 6.04 Å². The van der Waals surface area contributed by atoms with Crippen molar-refractivity contribution in [2.75, 3.05) is 26.2 Å². The molecule has 0 N–H and O–H groups in total. The number of carbonyl (C=O) groups excluding carboxylic acids is 2. The first-order valence-electron chi connectivity index (χ1n) is 11.6. The summed E-state index contributed by atoms with van der Waals surface area (Å²) < 4.78 is 6.06. The van der Waals surface area contributed by atoms with Gasteiger partial charge in [0.1, 0.15) is 18.9 Å². The Morgan fingerprint density at radius 2 is 1.85 bits per heavy atom. The van der Waals surface area contributed by atoms with Crippen molar-refractivity contribution < 1.29 is 14.3 Å². The van der Waals surface area contributed by atoms with Crippen LogP contribution in [0.2, 0.25) is 5.02 Å². The molecule has 2 amide bonds. The summed E-state index contributed by atoms with van der Waals surface area (Å²) in [5.41, 5.74) is 2.83. The lowest BCUT2D eigenvalue weighted by atomic mass is 10.0.